The fourth-order valence-electron chi connectivity index (χ4n) is 3.69. The van der Waals surface area contributed by atoms with Gasteiger partial charge in [-0.15, -0.1) is 11.3 Å². The number of benzene rings is 1. The van der Waals surface area contributed by atoms with Gasteiger partial charge in [0.15, 0.2) is 0 Å². The van der Waals surface area contributed by atoms with Crippen LogP contribution in [0.5, 0.6) is 0 Å². The molecule has 0 spiro atoms. The number of likely N-dealkylation sites (N-methyl/N-ethyl adjacent to an activating group) is 1. The Balaban J connectivity index is 1.59. The number of aromatic nitrogens is 2. The van der Waals surface area contributed by atoms with Gasteiger partial charge in [-0.05, 0) is 36.7 Å². The molecule has 4 rings (SSSR count). The van der Waals surface area contributed by atoms with E-state index in [2.05, 4.69) is 27.2 Å². The summed E-state index contributed by atoms with van der Waals surface area (Å²) in [6, 6.07) is 5.41. The first kappa shape index (κ1) is 21.2. The van der Waals surface area contributed by atoms with E-state index < -0.39 is 0 Å². The van der Waals surface area contributed by atoms with Gasteiger partial charge in [-0.25, -0.2) is 4.98 Å². The average molecular weight is 440 g/mol. The summed E-state index contributed by atoms with van der Waals surface area (Å²) in [6.07, 6.45) is 1.30. The van der Waals surface area contributed by atoms with E-state index in [1.54, 1.807) is 17.5 Å². The zero-order valence-corrected chi connectivity index (χ0v) is 18.6. The van der Waals surface area contributed by atoms with Gasteiger partial charge in [-0.3, -0.25) is 14.4 Å². The number of rotatable bonds is 4. The Morgan fingerprint density at radius 2 is 1.94 bits per heavy atom. The SMILES string of the molecule is CC(C)c1cc(C(=O)N2CCN(C)CC2)ccc1NC(=O)c1csc2c(=O)[nH]cnc12. The van der Waals surface area contributed by atoms with Crippen LogP contribution in [0, 0.1) is 0 Å². The van der Waals surface area contributed by atoms with Gasteiger partial charge in [0, 0.05) is 42.8 Å². The molecule has 2 aromatic heterocycles. The van der Waals surface area contributed by atoms with Gasteiger partial charge in [0.05, 0.1) is 11.9 Å². The lowest BCUT2D eigenvalue weighted by molar-refractivity contribution is 0.0664. The van der Waals surface area contributed by atoms with Crippen molar-refractivity contribution in [1.29, 1.82) is 0 Å². The largest absolute Gasteiger partial charge is 0.336 e. The van der Waals surface area contributed by atoms with Crippen molar-refractivity contribution in [1.82, 2.24) is 19.8 Å². The minimum atomic E-state index is -0.329. The molecule has 0 bridgehead atoms. The summed E-state index contributed by atoms with van der Waals surface area (Å²) in [7, 11) is 2.05. The smallest absolute Gasteiger partial charge is 0.268 e. The molecule has 162 valence electrons. The van der Waals surface area contributed by atoms with Crippen LogP contribution in [-0.2, 0) is 0 Å². The van der Waals surface area contributed by atoms with Crippen LogP contribution in [0.2, 0.25) is 0 Å². The predicted molar refractivity (Wildman–Crippen MR) is 122 cm³/mol. The number of carbonyl (C=O) groups is 2. The molecule has 0 saturated carbocycles. The molecule has 0 atom stereocenters. The molecule has 0 radical (unpaired) electrons. The van der Waals surface area contributed by atoms with Crippen molar-refractivity contribution in [3.8, 4) is 0 Å². The first-order valence-electron chi connectivity index (χ1n) is 10.2. The number of amides is 2. The molecule has 8 nitrogen and oxygen atoms in total. The molecular formula is C22H25N5O3S. The summed E-state index contributed by atoms with van der Waals surface area (Å²) in [4.78, 5) is 48.6. The third-order valence-corrected chi connectivity index (χ3v) is 6.53. The van der Waals surface area contributed by atoms with Crippen molar-refractivity contribution in [2.75, 3.05) is 38.5 Å². The molecule has 3 heterocycles. The maximum absolute atomic E-state index is 13.0. The number of carbonyl (C=O) groups excluding carboxylic acids is 2. The Hall–Kier alpha value is -3.04. The molecule has 9 heteroatoms. The number of nitrogens with zero attached hydrogens (tertiary/aromatic N) is 3. The molecule has 1 fully saturated rings. The maximum atomic E-state index is 13.0. The van der Waals surface area contributed by atoms with Crippen molar-refractivity contribution < 1.29 is 9.59 Å². The number of hydrogen-bond donors (Lipinski definition) is 2. The van der Waals surface area contributed by atoms with E-state index in [1.807, 2.05) is 24.8 Å². The zero-order chi connectivity index (χ0) is 22.1. The van der Waals surface area contributed by atoms with Gasteiger partial charge >= 0.3 is 0 Å². The minimum Gasteiger partial charge on any atom is -0.336 e. The van der Waals surface area contributed by atoms with Crippen LogP contribution < -0.4 is 10.9 Å². The third kappa shape index (κ3) is 4.24. The molecule has 1 aliphatic heterocycles. The molecule has 31 heavy (non-hydrogen) atoms. The van der Waals surface area contributed by atoms with Gasteiger partial charge in [-0.2, -0.15) is 0 Å². The number of nitrogens with one attached hydrogen (secondary N) is 2. The van der Waals surface area contributed by atoms with Crippen LogP contribution in [0.15, 0.2) is 34.7 Å². The maximum Gasteiger partial charge on any atom is 0.268 e. The molecule has 1 aliphatic rings. The lowest BCUT2D eigenvalue weighted by atomic mass is 9.97. The Morgan fingerprint density at radius 3 is 2.65 bits per heavy atom. The van der Waals surface area contributed by atoms with Crippen molar-refractivity contribution in [3.05, 3.63) is 57.0 Å². The number of fused-ring (bicyclic) bond motifs is 1. The van der Waals surface area contributed by atoms with E-state index in [-0.39, 0.29) is 23.3 Å². The topological polar surface area (TPSA) is 98.4 Å². The van der Waals surface area contributed by atoms with E-state index in [1.165, 1.54) is 17.7 Å². The van der Waals surface area contributed by atoms with Gasteiger partial charge in [0.1, 0.15) is 10.2 Å². The van der Waals surface area contributed by atoms with Crippen LogP contribution in [0.4, 0.5) is 5.69 Å². The molecule has 0 aliphatic carbocycles. The number of H-pyrrole nitrogens is 1. The van der Waals surface area contributed by atoms with Crippen LogP contribution in [0.3, 0.4) is 0 Å². The van der Waals surface area contributed by atoms with Gasteiger partial charge in [0.25, 0.3) is 17.4 Å². The normalized spacial score (nSPS) is 14.9. The fraction of sp³-hybridized carbons (Fsp3) is 0.364. The number of aromatic amines is 1. The van der Waals surface area contributed by atoms with Crippen molar-refractivity contribution in [2.24, 2.45) is 0 Å². The molecule has 2 amide bonds. The molecule has 2 N–H and O–H groups in total. The highest BCUT2D eigenvalue weighted by Crippen LogP contribution is 2.28. The predicted octanol–water partition coefficient (Wildman–Crippen LogP) is 2.75. The number of thiophene rings is 1. The first-order valence-corrected chi connectivity index (χ1v) is 11.1. The number of piperazine rings is 1. The molecule has 3 aromatic rings. The molecule has 1 aromatic carbocycles. The molecular weight excluding hydrogens is 414 g/mol. The van der Waals surface area contributed by atoms with Crippen LogP contribution in [0.25, 0.3) is 10.2 Å². The number of anilines is 1. The molecule has 0 unspecified atom stereocenters. The van der Waals surface area contributed by atoms with E-state index in [9.17, 15) is 14.4 Å². The summed E-state index contributed by atoms with van der Waals surface area (Å²) in [5, 5.41) is 4.58. The lowest BCUT2D eigenvalue weighted by Gasteiger charge is -2.32. The Labute approximate surface area is 183 Å². The summed E-state index contributed by atoms with van der Waals surface area (Å²) in [5.74, 6) is -0.208. The average Bonchev–Trinajstić information content (AvgIpc) is 3.19. The standard InChI is InChI=1S/C22H25N5O3S/c1-13(2)15-10-14(22(30)27-8-6-26(3)7-9-27)4-5-17(15)25-20(28)16-11-31-19-18(16)23-12-24-21(19)29/h4-5,10-13H,6-9H2,1-3H3,(H,25,28)(H,23,24,29). The van der Waals surface area contributed by atoms with Crippen LogP contribution in [0.1, 0.15) is 46.0 Å². The fourth-order valence-corrected chi connectivity index (χ4v) is 4.59. The van der Waals surface area contributed by atoms with Crippen LogP contribution in [-0.4, -0.2) is 64.8 Å². The van der Waals surface area contributed by atoms with Crippen molar-refractivity contribution >= 4 is 39.1 Å². The minimum absolute atomic E-state index is 0.0140. The highest BCUT2D eigenvalue weighted by Gasteiger charge is 2.22. The Kier molecular flexibility index (Phi) is 5.88. The zero-order valence-electron chi connectivity index (χ0n) is 17.8. The highest BCUT2D eigenvalue weighted by atomic mass is 32.1. The summed E-state index contributed by atoms with van der Waals surface area (Å²) < 4.78 is 0.421. The first-order chi connectivity index (χ1) is 14.8. The lowest BCUT2D eigenvalue weighted by Crippen LogP contribution is -2.47. The Morgan fingerprint density at radius 1 is 1.19 bits per heavy atom. The van der Waals surface area contributed by atoms with E-state index in [0.29, 0.717) is 40.1 Å². The summed E-state index contributed by atoms with van der Waals surface area (Å²) in [5.41, 5.74) is 2.65. The van der Waals surface area contributed by atoms with E-state index in [4.69, 9.17) is 0 Å². The second-order valence-electron chi connectivity index (χ2n) is 8.07. The van der Waals surface area contributed by atoms with Gasteiger partial charge < -0.3 is 20.1 Å². The van der Waals surface area contributed by atoms with Gasteiger partial charge in [0.2, 0.25) is 0 Å². The monoisotopic (exact) mass is 439 g/mol. The second-order valence-corrected chi connectivity index (χ2v) is 8.94. The third-order valence-electron chi connectivity index (χ3n) is 5.56. The van der Waals surface area contributed by atoms with Crippen molar-refractivity contribution in [2.45, 2.75) is 19.8 Å². The quantitative estimate of drug-likeness (QED) is 0.651. The van der Waals surface area contributed by atoms with Gasteiger partial charge in [-0.1, -0.05) is 13.8 Å². The second kappa shape index (κ2) is 8.60. The highest BCUT2D eigenvalue weighted by molar-refractivity contribution is 7.17. The van der Waals surface area contributed by atoms with Crippen LogP contribution >= 0.6 is 11.3 Å². The van der Waals surface area contributed by atoms with Crippen molar-refractivity contribution in [3.63, 3.8) is 0 Å². The molecule has 1 saturated heterocycles. The van der Waals surface area contributed by atoms with E-state index >= 15 is 0 Å². The summed E-state index contributed by atoms with van der Waals surface area (Å²) in [6.45, 7) is 7.20. The van der Waals surface area contributed by atoms with E-state index in [0.717, 1.165) is 18.7 Å². The summed E-state index contributed by atoms with van der Waals surface area (Å²) >= 11 is 1.19. The Bertz CT molecular complexity index is 1190. The number of hydrogen-bond acceptors (Lipinski definition) is 6.